The quantitative estimate of drug-likeness (QED) is 0.608. The van der Waals surface area contributed by atoms with Crippen molar-refractivity contribution in [3.8, 4) is 5.75 Å². The monoisotopic (exact) mass is 306 g/mol. The van der Waals surface area contributed by atoms with Crippen molar-refractivity contribution in [1.29, 1.82) is 0 Å². The van der Waals surface area contributed by atoms with E-state index in [0.717, 1.165) is 30.9 Å². The summed E-state index contributed by atoms with van der Waals surface area (Å²) in [5.74, 6) is 0.834. The van der Waals surface area contributed by atoms with Crippen LogP contribution in [0.2, 0.25) is 0 Å². The largest absolute Gasteiger partial charge is 0.494 e. The molecule has 0 saturated heterocycles. The number of amides is 1. The highest BCUT2D eigenvalue weighted by Crippen LogP contribution is 2.16. The summed E-state index contributed by atoms with van der Waals surface area (Å²) in [6.45, 7) is 7.46. The van der Waals surface area contributed by atoms with Crippen LogP contribution in [0.1, 0.15) is 52.9 Å². The summed E-state index contributed by atoms with van der Waals surface area (Å²) in [7, 11) is 0. The zero-order chi connectivity index (χ0) is 16.2. The second kappa shape index (κ2) is 11.1. The van der Waals surface area contributed by atoms with Gasteiger partial charge in [0.15, 0.2) is 0 Å². The molecule has 124 valence electrons. The van der Waals surface area contributed by atoms with Crippen molar-refractivity contribution < 1.29 is 9.53 Å². The standard InChI is InChI=1S/C18H30N2O2/c1-4-6-7-8-13-22-17-11-9-16(10-12-17)20-18(21)14-19-15(3)5-2/h9-12,15,19H,4-8,13-14H2,1-3H3,(H,20,21). The van der Waals surface area contributed by atoms with Crippen LogP contribution in [0.15, 0.2) is 24.3 Å². The van der Waals surface area contributed by atoms with Gasteiger partial charge in [-0.25, -0.2) is 0 Å². The van der Waals surface area contributed by atoms with Crippen molar-refractivity contribution >= 4 is 11.6 Å². The third kappa shape index (κ3) is 8.03. The molecule has 4 nitrogen and oxygen atoms in total. The van der Waals surface area contributed by atoms with Gasteiger partial charge in [0.05, 0.1) is 13.2 Å². The number of benzene rings is 1. The lowest BCUT2D eigenvalue weighted by atomic mass is 10.2. The summed E-state index contributed by atoms with van der Waals surface area (Å²) in [6, 6.07) is 7.91. The highest BCUT2D eigenvalue weighted by Gasteiger charge is 2.04. The smallest absolute Gasteiger partial charge is 0.238 e. The van der Waals surface area contributed by atoms with E-state index >= 15 is 0 Å². The third-order valence-corrected chi connectivity index (χ3v) is 3.63. The molecule has 0 fully saturated rings. The fraction of sp³-hybridized carbons (Fsp3) is 0.611. The second-order valence-corrected chi connectivity index (χ2v) is 5.67. The lowest BCUT2D eigenvalue weighted by Gasteiger charge is -2.11. The highest BCUT2D eigenvalue weighted by atomic mass is 16.5. The number of anilines is 1. The first kappa shape index (κ1) is 18.5. The first-order valence-electron chi connectivity index (χ1n) is 8.41. The first-order chi connectivity index (χ1) is 10.7. The summed E-state index contributed by atoms with van der Waals surface area (Å²) in [5.41, 5.74) is 0.800. The molecule has 0 aliphatic rings. The molecule has 1 aromatic rings. The van der Waals surface area contributed by atoms with Gasteiger partial charge in [0.25, 0.3) is 0 Å². The Morgan fingerprint density at radius 1 is 1.14 bits per heavy atom. The van der Waals surface area contributed by atoms with Crippen LogP contribution in [-0.2, 0) is 4.79 Å². The zero-order valence-corrected chi connectivity index (χ0v) is 14.2. The number of carbonyl (C=O) groups excluding carboxylic acids is 1. The molecule has 1 rings (SSSR count). The van der Waals surface area contributed by atoms with Crippen LogP contribution in [0.4, 0.5) is 5.69 Å². The van der Waals surface area contributed by atoms with Gasteiger partial charge in [-0.3, -0.25) is 4.79 Å². The number of hydrogen-bond acceptors (Lipinski definition) is 3. The minimum atomic E-state index is -0.0199. The Morgan fingerprint density at radius 2 is 1.86 bits per heavy atom. The predicted octanol–water partition coefficient (Wildman–Crippen LogP) is 3.97. The molecule has 0 radical (unpaired) electrons. The maximum atomic E-state index is 11.8. The van der Waals surface area contributed by atoms with Crippen molar-refractivity contribution in [2.45, 2.75) is 58.9 Å². The van der Waals surface area contributed by atoms with Crippen molar-refractivity contribution in [2.75, 3.05) is 18.5 Å². The van der Waals surface area contributed by atoms with Gasteiger partial charge < -0.3 is 15.4 Å². The molecule has 0 saturated carbocycles. The second-order valence-electron chi connectivity index (χ2n) is 5.67. The van der Waals surface area contributed by atoms with E-state index in [4.69, 9.17) is 4.74 Å². The minimum absolute atomic E-state index is 0.0199. The Bertz CT molecular complexity index is 418. The summed E-state index contributed by atoms with van der Waals surface area (Å²) in [6.07, 6.45) is 5.82. The topological polar surface area (TPSA) is 50.4 Å². The predicted molar refractivity (Wildman–Crippen MR) is 92.5 cm³/mol. The molecule has 22 heavy (non-hydrogen) atoms. The van der Waals surface area contributed by atoms with Gasteiger partial charge in [0, 0.05) is 11.7 Å². The number of ether oxygens (including phenoxy) is 1. The van der Waals surface area contributed by atoms with Gasteiger partial charge in [-0.2, -0.15) is 0 Å². The Kier molecular flexibility index (Phi) is 9.31. The van der Waals surface area contributed by atoms with E-state index in [9.17, 15) is 4.79 Å². The normalized spacial score (nSPS) is 12.0. The van der Waals surface area contributed by atoms with E-state index in [1.165, 1.54) is 19.3 Å². The number of unbranched alkanes of at least 4 members (excludes halogenated alkanes) is 3. The van der Waals surface area contributed by atoms with E-state index in [-0.39, 0.29) is 5.91 Å². The molecular weight excluding hydrogens is 276 g/mol. The van der Waals surface area contributed by atoms with Gasteiger partial charge in [0.2, 0.25) is 5.91 Å². The molecule has 0 aliphatic carbocycles. The third-order valence-electron chi connectivity index (χ3n) is 3.63. The molecule has 0 heterocycles. The lowest BCUT2D eigenvalue weighted by Crippen LogP contribution is -2.33. The van der Waals surface area contributed by atoms with Crippen LogP contribution < -0.4 is 15.4 Å². The van der Waals surface area contributed by atoms with E-state index in [1.54, 1.807) is 0 Å². The van der Waals surface area contributed by atoms with Gasteiger partial charge in [0.1, 0.15) is 5.75 Å². The molecule has 0 bridgehead atoms. The lowest BCUT2D eigenvalue weighted by molar-refractivity contribution is -0.115. The summed E-state index contributed by atoms with van der Waals surface area (Å²) >= 11 is 0. The molecule has 0 spiro atoms. The number of nitrogens with one attached hydrogen (secondary N) is 2. The summed E-state index contributed by atoms with van der Waals surface area (Å²) < 4.78 is 5.68. The first-order valence-corrected chi connectivity index (χ1v) is 8.41. The highest BCUT2D eigenvalue weighted by molar-refractivity contribution is 5.92. The van der Waals surface area contributed by atoms with E-state index in [0.29, 0.717) is 12.6 Å². The minimum Gasteiger partial charge on any atom is -0.494 e. The van der Waals surface area contributed by atoms with Gasteiger partial charge >= 0.3 is 0 Å². The summed E-state index contributed by atoms with van der Waals surface area (Å²) in [4.78, 5) is 11.8. The van der Waals surface area contributed by atoms with Crippen LogP contribution >= 0.6 is 0 Å². The van der Waals surface area contributed by atoms with Gasteiger partial charge in [-0.15, -0.1) is 0 Å². The molecule has 1 amide bonds. The summed E-state index contributed by atoms with van der Waals surface area (Å²) in [5, 5.41) is 6.05. The molecular formula is C18H30N2O2. The van der Waals surface area contributed by atoms with E-state index in [1.807, 2.05) is 24.3 Å². The Morgan fingerprint density at radius 3 is 2.50 bits per heavy atom. The van der Waals surface area contributed by atoms with Crippen molar-refractivity contribution in [3.05, 3.63) is 24.3 Å². The molecule has 2 N–H and O–H groups in total. The Hall–Kier alpha value is -1.55. The molecule has 1 unspecified atom stereocenters. The number of rotatable bonds is 11. The van der Waals surface area contributed by atoms with Crippen LogP contribution in [-0.4, -0.2) is 25.1 Å². The van der Waals surface area contributed by atoms with Crippen LogP contribution in [0.25, 0.3) is 0 Å². The van der Waals surface area contributed by atoms with Crippen LogP contribution in [0.3, 0.4) is 0 Å². The molecule has 0 aromatic heterocycles. The van der Waals surface area contributed by atoms with E-state index < -0.39 is 0 Å². The maximum absolute atomic E-state index is 11.8. The fourth-order valence-corrected chi connectivity index (χ4v) is 1.97. The molecule has 1 aromatic carbocycles. The molecule has 0 aliphatic heterocycles. The van der Waals surface area contributed by atoms with Crippen molar-refractivity contribution in [3.63, 3.8) is 0 Å². The average molecular weight is 306 g/mol. The Labute approximate surface area is 134 Å². The molecule has 4 heteroatoms. The Balaban J connectivity index is 2.27. The van der Waals surface area contributed by atoms with E-state index in [2.05, 4.69) is 31.4 Å². The van der Waals surface area contributed by atoms with Gasteiger partial charge in [-0.05, 0) is 44.0 Å². The van der Waals surface area contributed by atoms with Crippen molar-refractivity contribution in [2.24, 2.45) is 0 Å². The maximum Gasteiger partial charge on any atom is 0.238 e. The average Bonchev–Trinajstić information content (AvgIpc) is 2.54. The van der Waals surface area contributed by atoms with Gasteiger partial charge in [-0.1, -0.05) is 33.1 Å². The zero-order valence-electron chi connectivity index (χ0n) is 14.2. The number of hydrogen-bond donors (Lipinski definition) is 2. The number of carbonyl (C=O) groups is 1. The van der Waals surface area contributed by atoms with Crippen LogP contribution in [0.5, 0.6) is 5.75 Å². The van der Waals surface area contributed by atoms with Crippen molar-refractivity contribution in [1.82, 2.24) is 5.32 Å². The SMILES string of the molecule is CCCCCCOc1ccc(NC(=O)CNC(C)CC)cc1. The molecule has 1 atom stereocenters. The van der Waals surface area contributed by atoms with Crippen LogP contribution in [0, 0.1) is 0 Å². The fourth-order valence-electron chi connectivity index (χ4n) is 1.97.